The zero-order chi connectivity index (χ0) is 12.4. The van der Waals surface area contributed by atoms with Crippen LogP contribution in [0.15, 0.2) is 41.7 Å². The lowest BCUT2D eigenvalue weighted by atomic mass is 9.91. The molecule has 17 heavy (non-hydrogen) atoms. The number of fused-ring (bicyclic) bond motifs is 1. The normalized spacial score (nSPS) is 12.9. The van der Waals surface area contributed by atoms with Crippen LogP contribution in [0.2, 0.25) is 0 Å². The minimum atomic E-state index is -0.321. The lowest BCUT2D eigenvalue weighted by Crippen LogP contribution is -2.01. The minimum Gasteiger partial charge on any atom is -0.258 e. The Labute approximate surface area is 99.9 Å². The first-order valence-electron chi connectivity index (χ1n) is 5.47. The summed E-state index contributed by atoms with van der Waals surface area (Å²) in [5, 5.41) is 10.9. The third kappa shape index (κ3) is 2.19. The number of hydrogen-bond acceptors (Lipinski definition) is 2. The van der Waals surface area contributed by atoms with Gasteiger partial charge in [-0.1, -0.05) is 24.3 Å². The molecule has 1 aromatic rings. The van der Waals surface area contributed by atoms with Crippen molar-refractivity contribution in [3.63, 3.8) is 0 Å². The fourth-order valence-corrected chi connectivity index (χ4v) is 1.98. The highest BCUT2D eigenvalue weighted by Gasteiger charge is 2.19. The molecule has 0 saturated carbocycles. The molecule has 0 unspecified atom stereocenters. The van der Waals surface area contributed by atoms with E-state index in [1.807, 2.05) is 32.1 Å². The van der Waals surface area contributed by atoms with Crippen LogP contribution < -0.4 is 0 Å². The highest BCUT2D eigenvalue weighted by Crippen LogP contribution is 2.31. The van der Waals surface area contributed by atoms with Crippen molar-refractivity contribution < 1.29 is 4.92 Å². The molecule has 0 amide bonds. The summed E-state index contributed by atoms with van der Waals surface area (Å²) in [5.41, 5.74) is 7.11. The number of allylic oxidation sites excluding steroid dienone is 3. The molecule has 1 aliphatic rings. The first kappa shape index (κ1) is 11.4. The predicted molar refractivity (Wildman–Crippen MR) is 67.7 cm³/mol. The van der Waals surface area contributed by atoms with Gasteiger partial charge in [-0.05, 0) is 31.4 Å². The van der Waals surface area contributed by atoms with E-state index in [1.165, 1.54) is 0 Å². The minimum absolute atomic E-state index is 0.194. The highest BCUT2D eigenvalue weighted by atomic mass is 16.6. The van der Waals surface area contributed by atoms with Gasteiger partial charge >= 0.3 is 0 Å². The van der Waals surface area contributed by atoms with Gasteiger partial charge in [0.15, 0.2) is 0 Å². The molecule has 0 saturated heterocycles. The molecule has 3 heteroatoms. The summed E-state index contributed by atoms with van der Waals surface area (Å²) >= 11 is 0. The standard InChI is InChI=1S/C14H13NO2/c1-10(2)9-11-5-3-7-13-12(11)6-4-8-14(13)15(16)17/h3-6,8H,7H2,1-2H3. The molecule has 1 aliphatic carbocycles. The molecule has 86 valence electrons. The van der Waals surface area contributed by atoms with Crippen molar-refractivity contribution in [3.8, 4) is 0 Å². The Morgan fingerprint density at radius 2 is 2.18 bits per heavy atom. The topological polar surface area (TPSA) is 43.1 Å². The maximum atomic E-state index is 10.9. The molecule has 0 aromatic heterocycles. The molecule has 0 radical (unpaired) electrons. The number of nitrogens with zero attached hydrogens (tertiary/aromatic N) is 1. The number of benzene rings is 1. The predicted octanol–water partition coefficient (Wildman–Crippen LogP) is 3.66. The van der Waals surface area contributed by atoms with Crippen LogP contribution in [-0.4, -0.2) is 4.92 Å². The van der Waals surface area contributed by atoms with E-state index >= 15 is 0 Å². The van der Waals surface area contributed by atoms with Gasteiger partial charge in [0.25, 0.3) is 5.69 Å². The second-order valence-electron chi connectivity index (χ2n) is 4.21. The van der Waals surface area contributed by atoms with Gasteiger partial charge in [-0.2, -0.15) is 0 Å². The summed E-state index contributed by atoms with van der Waals surface area (Å²) < 4.78 is 0. The average molecular weight is 227 g/mol. The van der Waals surface area contributed by atoms with Gasteiger partial charge in [0.1, 0.15) is 0 Å². The number of nitro benzene ring substituents is 1. The number of hydrogen-bond donors (Lipinski definition) is 0. The van der Waals surface area contributed by atoms with E-state index in [0.717, 1.165) is 22.3 Å². The molecule has 0 bridgehead atoms. The Hall–Kier alpha value is -2.12. The molecular weight excluding hydrogens is 214 g/mol. The molecule has 2 rings (SSSR count). The van der Waals surface area contributed by atoms with Gasteiger partial charge in [0.05, 0.1) is 4.92 Å². The van der Waals surface area contributed by atoms with E-state index < -0.39 is 0 Å². The molecular formula is C14H13NO2. The van der Waals surface area contributed by atoms with Gasteiger partial charge in [0, 0.05) is 17.2 Å². The van der Waals surface area contributed by atoms with Crippen molar-refractivity contribution in [1.29, 1.82) is 0 Å². The van der Waals surface area contributed by atoms with Crippen LogP contribution in [0, 0.1) is 10.1 Å². The molecule has 0 aliphatic heterocycles. The monoisotopic (exact) mass is 227 g/mol. The third-order valence-electron chi connectivity index (χ3n) is 2.63. The van der Waals surface area contributed by atoms with Crippen LogP contribution in [-0.2, 0) is 6.42 Å². The Balaban J connectivity index is 2.70. The fraction of sp³-hybridized carbons (Fsp3) is 0.214. The lowest BCUT2D eigenvalue weighted by molar-refractivity contribution is -0.385. The van der Waals surface area contributed by atoms with E-state index in [9.17, 15) is 10.1 Å². The summed E-state index contributed by atoms with van der Waals surface area (Å²) in [4.78, 5) is 10.6. The van der Waals surface area contributed by atoms with E-state index in [-0.39, 0.29) is 10.6 Å². The molecule has 0 fully saturated rings. The molecule has 1 aromatic carbocycles. The smallest absolute Gasteiger partial charge is 0.258 e. The maximum Gasteiger partial charge on any atom is 0.273 e. The van der Waals surface area contributed by atoms with E-state index in [4.69, 9.17) is 0 Å². The fourth-order valence-electron chi connectivity index (χ4n) is 1.98. The molecule has 0 atom stereocenters. The van der Waals surface area contributed by atoms with Crippen LogP contribution in [0.25, 0.3) is 5.57 Å². The van der Waals surface area contributed by atoms with Crippen LogP contribution in [0.5, 0.6) is 0 Å². The Bertz CT molecular complexity index is 572. The van der Waals surface area contributed by atoms with Crippen molar-refractivity contribution in [3.05, 3.63) is 62.9 Å². The molecule has 0 N–H and O–H groups in total. The van der Waals surface area contributed by atoms with E-state index in [0.29, 0.717) is 6.42 Å². The Morgan fingerprint density at radius 3 is 2.82 bits per heavy atom. The third-order valence-corrected chi connectivity index (χ3v) is 2.63. The molecule has 3 nitrogen and oxygen atoms in total. The van der Waals surface area contributed by atoms with E-state index in [2.05, 4.69) is 5.73 Å². The summed E-state index contributed by atoms with van der Waals surface area (Å²) in [6, 6.07) is 5.19. The summed E-state index contributed by atoms with van der Waals surface area (Å²) in [5.74, 6) is 0. The van der Waals surface area contributed by atoms with Gasteiger partial charge in [-0.15, -0.1) is 5.73 Å². The first-order valence-corrected chi connectivity index (χ1v) is 5.47. The Kier molecular flexibility index (Phi) is 2.94. The number of nitro groups is 1. The van der Waals surface area contributed by atoms with E-state index in [1.54, 1.807) is 12.1 Å². The maximum absolute atomic E-state index is 10.9. The largest absolute Gasteiger partial charge is 0.273 e. The Morgan fingerprint density at radius 1 is 1.41 bits per heavy atom. The summed E-state index contributed by atoms with van der Waals surface area (Å²) in [6.07, 6.45) is 4.53. The lowest BCUT2D eigenvalue weighted by Gasteiger charge is -2.12. The van der Waals surface area contributed by atoms with Crippen molar-refractivity contribution in [2.75, 3.05) is 0 Å². The first-order chi connectivity index (χ1) is 8.09. The summed E-state index contributed by atoms with van der Waals surface area (Å²) in [7, 11) is 0. The second-order valence-corrected chi connectivity index (χ2v) is 4.21. The van der Waals surface area contributed by atoms with Crippen LogP contribution in [0.1, 0.15) is 25.0 Å². The zero-order valence-electron chi connectivity index (χ0n) is 9.86. The van der Waals surface area contributed by atoms with Gasteiger partial charge < -0.3 is 0 Å². The second kappa shape index (κ2) is 4.40. The van der Waals surface area contributed by atoms with Crippen LogP contribution in [0.3, 0.4) is 0 Å². The van der Waals surface area contributed by atoms with Gasteiger partial charge in [0.2, 0.25) is 0 Å². The summed E-state index contributed by atoms with van der Waals surface area (Å²) in [6.45, 7) is 3.93. The molecule has 0 heterocycles. The average Bonchev–Trinajstić information content (AvgIpc) is 2.28. The van der Waals surface area contributed by atoms with Crippen molar-refractivity contribution in [2.45, 2.75) is 20.3 Å². The number of rotatable bonds is 1. The highest BCUT2D eigenvalue weighted by molar-refractivity contribution is 5.80. The van der Waals surface area contributed by atoms with Crippen molar-refractivity contribution in [1.82, 2.24) is 0 Å². The zero-order valence-corrected chi connectivity index (χ0v) is 9.86. The quantitative estimate of drug-likeness (QED) is 0.417. The van der Waals surface area contributed by atoms with Crippen molar-refractivity contribution >= 4 is 11.3 Å². The van der Waals surface area contributed by atoms with Crippen LogP contribution in [0.4, 0.5) is 5.69 Å². The van der Waals surface area contributed by atoms with Crippen molar-refractivity contribution in [2.24, 2.45) is 0 Å². The van der Waals surface area contributed by atoms with Gasteiger partial charge in [-0.25, -0.2) is 0 Å². The molecule has 0 spiro atoms. The van der Waals surface area contributed by atoms with Crippen LogP contribution >= 0.6 is 0 Å². The van der Waals surface area contributed by atoms with Gasteiger partial charge in [-0.3, -0.25) is 10.1 Å². The SMILES string of the molecule is CC(C)=C=C1C=CCc2c1cccc2[N+](=O)[O-].